The first-order chi connectivity index (χ1) is 10.3. The molecule has 0 fully saturated rings. The monoisotopic (exact) mass is 281 g/mol. The van der Waals surface area contributed by atoms with Crippen molar-refractivity contribution < 1.29 is 9.53 Å². The number of carbonyl (C=O) groups excluding carboxylic acids is 1. The Morgan fingerprint density at radius 2 is 2.14 bits per heavy atom. The molecule has 0 bridgehead atoms. The van der Waals surface area contributed by atoms with E-state index in [0.29, 0.717) is 12.2 Å². The molecule has 0 saturated carbocycles. The van der Waals surface area contributed by atoms with E-state index in [9.17, 15) is 10.1 Å². The molecule has 106 valence electrons. The molecule has 1 aromatic rings. The molecule has 1 aliphatic heterocycles. The summed E-state index contributed by atoms with van der Waals surface area (Å²) in [5.41, 5.74) is 1.47. The minimum atomic E-state index is -0.630. The summed E-state index contributed by atoms with van der Waals surface area (Å²) in [4.78, 5) is 17.7. The standard InChI is InChI=1S/C16H15N3O2/c1-2-21-16(20)14(10-17)15-11-18-8-9-19(15)12-13-6-4-3-5-7-13/h3-9,11H,2,12H2,1H3/b15-14+. The summed E-state index contributed by atoms with van der Waals surface area (Å²) in [6, 6.07) is 11.7. The van der Waals surface area contributed by atoms with Gasteiger partial charge in [0.1, 0.15) is 6.07 Å². The van der Waals surface area contributed by atoms with Gasteiger partial charge in [-0.1, -0.05) is 30.3 Å². The van der Waals surface area contributed by atoms with Gasteiger partial charge >= 0.3 is 5.97 Å². The third-order valence-corrected chi connectivity index (χ3v) is 2.88. The second-order valence-electron chi connectivity index (χ2n) is 4.28. The second-order valence-corrected chi connectivity index (χ2v) is 4.28. The average molecular weight is 281 g/mol. The van der Waals surface area contributed by atoms with Gasteiger partial charge in [0.25, 0.3) is 0 Å². The Hall–Kier alpha value is -2.87. The van der Waals surface area contributed by atoms with Crippen molar-refractivity contribution in [3.63, 3.8) is 0 Å². The fraction of sp³-hybridized carbons (Fsp3) is 0.188. The third-order valence-electron chi connectivity index (χ3n) is 2.88. The smallest absolute Gasteiger partial charge is 0.351 e. The predicted octanol–water partition coefficient (Wildman–Crippen LogP) is 2.38. The lowest BCUT2D eigenvalue weighted by atomic mass is 10.1. The van der Waals surface area contributed by atoms with Crippen molar-refractivity contribution in [3.8, 4) is 6.07 Å². The predicted molar refractivity (Wildman–Crippen MR) is 78.9 cm³/mol. The topological polar surface area (TPSA) is 65.7 Å². The van der Waals surface area contributed by atoms with Crippen molar-refractivity contribution in [2.45, 2.75) is 13.5 Å². The zero-order valence-electron chi connectivity index (χ0n) is 11.7. The Labute approximate surface area is 123 Å². The van der Waals surface area contributed by atoms with Crippen LogP contribution < -0.4 is 0 Å². The van der Waals surface area contributed by atoms with E-state index in [1.54, 1.807) is 24.2 Å². The van der Waals surface area contributed by atoms with Crippen LogP contribution in [0.4, 0.5) is 0 Å². The van der Waals surface area contributed by atoms with Gasteiger partial charge in [0.15, 0.2) is 5.57 Å². The zero-order chi connectivity index (χ0) is 15.1. The molecule has 5 heteroatoms. The number of nitrogens with zero attached hydrogens (tertiary/aromatic N) is 3. The van der Waals surface area contributed by atoms with E-state index in [4.69, 9.17) is 4.74 Å². The quantitative estimate of drug-likeness (QED) is 0.483. The minimum absolute atomic E-state index is 0.0409. The molecule has 0 aliphatic carbocycles. The lowest BCUT2D eigenvalue weighted by Gasteiger charge is -2.23. The molecule has 0 spiro atoms. The number of esters is 1. The summed E-state index contributed by atoms with van der Waals surface area (Å²) >= 11 is 0. The van der Waals surface area contributed by atoms with Crippen LogP contribution in [0.1, 0.15) is 12.5 Å². The van der Waals surface area contributed by atoms with Crippen molar-refractivity contribution in [1.29, 1.82) is 5.26 Å². The Kier molecular flexibility index (Phi) is 4.89. The summed E-state index contributed by atoms with van der Waals surface area (Å²) in [7, 11) is 0. The normalized spacial score (nSPS) is 15.5. The molecular weight excluding hydrogens is 266 g/mol. The summed E-state index contributed by atoms with van der Waals surface area (Å²) in [5.74, 6) is -0.630. The molecule has 0 saturated heterocycles. The van der Waals surface area contributed by atoms with Crippen LogP contribution in [-0.4, -0.2) is 23.7 Å². The molecule has 2 rings (SSSR count). The van der Waals surface area contributed by atoms with E-state index in [2.05, 4.69) is 4.99 Å². The van der Waals surface area contributed by atoms with Gasteiger partial charge in [-0.05, 0) is 12.5 Å². The van der Waals surface area contributed by atoms with Crippen molar-refractivity contribution in [2.24, 2.45) is 4.99 Å². The van der Waals surface area contributed by atoms with Gasteiger partial charge in [-0.3, -0.25) is 4.99 Å². The number of benzene rings is 1. The zero-order valence-corrected chi connectivity index (χ0v) is 11.7. The number of aliphatic imine (C=N–C) groups is 1. The number of hydrogen-bond donors (Lipinski definition) is 0. The Balaban J connectivity index is 2.31. The van der Waals surface area contributed by atoms with E-state index in [0.717, 1.165) is 5.56 Å². The molecule has 0 N–H and O–H groups in total. The van der Waals surface area contributed by atoms with Crippen LogP contribution in [0.25, 0.3) is 0 Å². The number of carbonyl (C=O) groups is 1. The van der Waals surface area contributed by atoms with E-state index >= 15 is 0 Å². The first-order valence-electron chi connectivity index (χ1n) is 6.58. The van der Waals surface area contributed by atoms with Crippen LogP contribution >= 0.6 is 0 Å². The lowest BCUT2D eigenvalue weighted by Crippen LogP contribution is -2.23. The highest BCUT2D eigenvalue weighted by Crippen LogP contribution is 2.17. The van der Waals surface area contributed by atoms with Gasteiger partial charge < -0.3 is 9.64 Å². The van der Waals surface area contributed by atoms with Crippen molar-refractivity contribution in [3.05, 3.63) is 59.6 Å². The number of rotatable bonds is 4. The van der Waals surface area contributed by atoms with Crippen LogP contribution in [0.3, 0.4) is 0 Å². The highest BCUT2D eigenvalue weighted by molar-refractivity contribution is 6.00. The fourth-order valence-electron chi connectivity index (χ4n) is 1.92. The summed E-state index contributed by atoms with van der Waals surface area (Å²) in [6.45, 7) is 2.47. The maximum Gasteiger partial charge on any atom is 0.351 e. The molecule has 5 nitrogen and oxygen atoms in total. The molecule has 0 amide bonds. The van der Waals surface area contributed by atoms with Crippen molar-refractivity contribution in [2.75, 3.05) is 6.61 Å². The summed E-state index contributed by atoms with van der Waals surface area (Å²) in [6.07, 6.45) is 4.85. The summed E-state index contributed by atoms with van der Waals surface area (Å²) in [5, 5.41) is 9.24. The first kappa shape index (κ1) is 14.5. The van der Waals surface area contributed by atoms with Crippen LogP contribution in [0.5, 0.6) is 0 Å². The van der Waals surface area contributed by atoms with Crippen LogP contribution in [0.2, 0.25) is 0 Å². The highest BCUT2D eigenvalue weighted by atomic mass is 16.5. The van der Waals surface area contributed by atoms with Gasteiger partial charge in [0, 0.05) is 18.9 Å². The molecule has 0 unspecified atom stereocenters. The van der Waals surface area contributed by atoms with Crippen molar-refractivity contribution in [1.82, 2.24) is 4.90 Å². The van der Waals surface area contributed by atoms with Crippen molar-refractivity contribution >= 4 is 12.2 Å². The largest absolute Gasteiger partial charge is 0.462 e. The van der Waals surface area contributed by atoms with E-state index in [1.165, 1.54) is 6.21 Å². The maximum atomic E-state index is 11.9. The highest BCUT2D eigenvalue weighted by Gasteiger charge is 2.20. The molecule has 0 radical (unpaired) electrons. The molecule has 21 heavy (non-hydrogen) atoms. The third kappa shape index (κ3) is 3.57. The Morgan fingerprint density at radius 3 is 2.81 bits per heavy atom. The maximum absolute atomic E-state index is 11.9. The molecule has 1 heterocycles. The van der Waals surface area contributed by atoms with Crippen LogP contribution in [-0.2, 0) is 16.1 Å². The lowest BCUT2D eigenvalue weighted by molar-refractivity contribution is -0.138. The Bertz CT molecular complexity index is 639. The number of hydrogen-bond acceptors (Lipinski definition) is 5. The average Bonchev–Trinajstić information content (AvgIpc) is 2.51. The van der Waals surface area contributed by atoms with Gasteiger partial charge in [0.05, 0.1) is 18.5 Å². The van der Waals surface area contributed by atoms with E-state index in [1.807, 2.05) is 36.4 Å². The summed E-state index contributed by atoms with van der Waals surface area (Å²) < 4.78 is 4.91. The molecule has 1 aromatic carbocycles. The number of nitriles is 1. The first-order valence-corrected chi connectivity index (χ1v) is 6.58. The van der Waals surface area contributed by atoms with Crippen LogP contribution in [0.15, 0.2) is 59.0 Å². The van der Waals surface area contributed by atoms with E-state index < -0.39 is 5.97 Å². The van der Waals surface area contributed by atoms with Gasteiger partial charge in [-0.25, -0.2) is 4.79 Å². The molecule has 0 aromatic heterocycles. The van der Waals surface area contributed by atoms with Gasteiger partial charge in [-0.2, -0.15) is 5.26 Å². The molecular formula is C16H15N3O2. The SMILES string of the molecule is CCOC(=O)/C(C#N)=C1\C=NC=CN1Cc1ccccc1. The van der Waals surface area contributed by atoms with Gasteiger partial charge in [-0.15, -0.1) is 0 Å². The fourth-order valence-corrected chi connectivity index (χ4v) is 1.92. The minimum Gasteiger partial charge on any atom is -0.462 e. The number of allylic oxidation sites excluding steroid dienone is 1. The second kappa shape index (κ2) is 7.06. The molecule has 1 aliphatic rings. The molecule has 0 atom stereocenters. The number of ether oxygens (including phenoxy) is 1. The Morgan fingerprint density at radius 1 is 1.38 bits per heavy atom. The van der Waals surface area contributed by atoms with Gasteiger partial charge in [0.2, 0.25) is 0 Å². The van der Waals surface area contributed by atoms with Crippen LogP contribution in [0, 0.1) is 11.3 Å². The van der Waals surface area contributed by atoms with E-state index in [-0.39, 0.29) is 12.2 Å².